The molecule has 1 rings (SSSR count). The highest BCUT2D eigenvalue weighted by Gasteiger charge is 2.02. The van der Waals surface area contributed by atoms with Gasteiger partial charge in [0.1, 0.15) is 5.75 Å². The summed E-state index contributed by atoms with van der Waals surface area (Å²) in [5.74, 6) is 0.915. The second-order valence-corrected chi connectivity index (χ2v) is 5.22. The molecule has 0 heterocycles. The van der Waals surface area contributed by atoms with Crippen LogP contribution in [0.5, 0.6) is 5.75 Å². The Labute approximate surface area is 110 Å². The maximum Gasteiger partial charge on any atom is 0.118 e. The Bertz CT molecular complexity index is 311. The van der Waals surface area contributed by atoms with Crippen molar-refractivity contribution in [2.75, 3.05) is 27.2 Å². The normalized spacial score (nSPS) is 12.8. The Hall–Kier alpha value is -0.730. The molecule has 96 valence electrons. The van der Waals surface area contributed by atoms with Crippen molar-refractivity contribution in [3.05, 3.63) is 29.8 Å². The van der Waals surface area contributed by atoms with Crippen molar-refractivity contribution in [1.82, 2.24) is 4.90 Å². The Kier molecular flexibility index (Phi) is 6.38. The molecule has 3 heteroatoms. The van der Waals surface area contributed by atoms with E-state index >= 15 is 0 Å². The van der Waals surface area contributed by atoms with Crippen LogP contribution in [0.2, 0.25) is 0 Å². The van der Waals surface area contributed by atoms with Gasteiger partial charge in [0.2, 0.25) is 0 Å². The first-order valence-corrected chi connectivity index (χ1v) is 6.51. The van der Waals surface area contributed by atoms with Gasteiger partial charge < -0.3 is 9.64 Å². The third kappa shape index (κ3) is 5.94. The predicted octanol–water partition coefficient (Wildman–Crippen LogP) is 3.19. The van der Waals surface area contributed by atoms with E-state index in [0.717, 1.165) is 31.7 Å². The van der Waals surface area contributed by atoms with Crippen molar-refractivity contribution in [3.8, 4) is 5.75 Å². The lowest BCUT2D eigenvalue weighted by Crippen LogP contribution is -2.23. The summed E-state index contributed by atoms with van der Waals surface area (Å²) in [6.07, 6.45) is 2.11. The van der Waals surface area contributed by atoms with Crippen molar-refractivity contribution in [2.45, 2.75) is 25.1 Å². The van der Waals surface area contributed by atoms with E-state index in [1.54, 1.807) is 7.11 Å². The van der Waals surface area contributed by atoms with Crippen LogP contribution >= 0.6 is 11.6 Å². The van der Waals surface area contributed by atoms with Crippen LogP contribution in [0.3, 0.4) is 0 Å². The molecule has 0 N–H and O–H groups in total. The van der Waals surface area contributed by atoms with Crippen LogP contribution in [0, 0.1) is 0 Å². The molecule has 0 radical (unpaired) electrons. The zero-order chi connectivity index (χ0) is 12.7. The number of nitrogens with zero attached hydrogens (tertiary/aromatic N) is 1. The highest BCUT2D eigenvalue weighted by molar-refractivity contribution is 6.20. The van der Waals surface area contributed by atoms with Gasteiger partial charge in [-0.3, -0.25) is 0 Å². The van der Waals surface area contributed by atoms with Crippen LogP contribution in [0.4, 0.5) is 0 Å². The van der Waals surface area contributed by atoms with Crippen LogP contribution in [-0.4, -0.2) is 37.5 Å². The first kappa shape index (κ1) is 14.3. The number of benzene rings is 1. The Morgan fingerprint density at radius 1 is 1.24 bits per heavy atom. The van der Waals surface area contributed by atoms with E-state index in [2.05, 4.69) is 24.1 Å². The molecule has 1 unspecified atom stereocenters. The summed E-state index contributed by atoms with van der Waals surface area (Å²) in [6.45, 7) is 4.16. The summed E-state index contributed by atoms with van der Waals surface area (Å²) in [7, 11) is 3.83. The van der Waals surface area contributed by atoms with Crippen LogP contribution < -0.4 is 4.74 Å². The fraction of sp³-hybridized carbons (Fsp3) is 0.571. The van der Waals surface area contributed by atoms with E-state index in [9.17, 15) is 0 Å². The SMILES string of the molecule is COc1ccc(CCN(C)CCC(C)Cl)cc1. The molecule has 0 aliphatic rings. The molecule has 0 bridgehead atoms. The molecule has 1 atom stereocenters. The van der Waals surface area contributed by atoms with Crippen molar-refractivity contribution in [1.29, 1.82) is 0 Å². The number of hydrogen-bond donors (Lipinski definition) is 0. The summed E-state index contributed by atoms with van der Waals surface area (Å²) >= 11 is 5.93. The van der Waals surface area contributed by atoms with Crippen LogP contribution in [0.1, 0.15) is 18.9 Å². The summed E-state index contributed by atoms with van der Waals surface area (Å²) in [4.78, 5) is 2.32. The lowest BCUT2D eigenvalue weighted by Gasteiger charge is -2.17. The lowest BCUT2D eigenvalue weighted by molar-refractivity contribution is 0.333. The standard InChI is InChI=1S/C14H22ClNO/c1-12(15)8-10-16(2)11-9-13-4-6-14(17-3)7-5-13/h4-7,12H,8-11H2,1-3H3. The van der Waals surface area contributed by atoms with Gasteiger partial charge in [0, 0.05) is 11.9 Å². The Balaban J connectivity index is 2.29. The molecule has 17 heavy (non-hydrogen) atoms. The second kappa shape index (κ2) is 7.57. The Morgan fingerprint density at radius 2 is 1.88 bits per heavy atom. The van der Waals surface area contributed by atoms with Gasteiger partial charge in [0.05, 0.1) is 7.11 Å². The maximum atomic E-state index is 5.93. The minimum Gasteiger partial charge on any atom is -0.497 e. The van der Waals surface area contributed by atoms with Gasteiger partial charge in [0.15, 0.2) is 0 Å². The minimum absolute atomic E-state index is 0.262. The van der Waals surface area contributed by atoms with Gasteiger partial charge in [-0.15, -0.1) is 11.6 Å². The highest BCUT2D eigenvalue weighted by Crippen LogP contribution is 2.12. The third-order valence-electron chi connectivity index (χ3n) is 2.85. The number of likely N-dealkylation sites (N-methyl/N-ethyl adjacent to an activating group) is 1. The minimum atomic E-state index is 0.262. The fourth-order valence-corrected chi connectivity index (χ4v) is 1.72. The van der Waals surface area contributed by atoms with Gasteiger partial charge in [-0.25, -0.2) is 0 Å². The molecule has 0 spiro atoms. The molecule has 0 saturated heterocycles. The zero-order valence-corrected chi connectivity index (χ0v) is 11.7. The number of methoxy groups -OCH3 is 1. The smallest absolute Gasteiger partial charge is 0.118 e. The molecular weight excluding hydrogens is 234 g/mol. The second-order valence-electron chi connectivity index (χ2n) is 4.47. The Morgan fingerprint density at radius 3 is 2.41 bits per heavy atom. The van der Waals surface area contributed by atoms with Crippen molar-refractivity contribution in [3.63, 3.8) is 0 Å². The zero-order valence-electron chi connectivity index (χ0n) is 10.9. The molecule has 1 aromatic carbocycles. The summed E-state index contributed by atoms with van der Waals surface area (Å²) in [6, 6.07) is 8.26. The molecule has 0 aromatic heterocycles. The molecule has 0 fully saturated rings. The number of ether oxygens (including phenoxy) is 1. The molecule has 0 aliphatic carbocycles. The first-order chi connectivity index (χ1) is 8.11. The van der Waals surface area contributed by atoms with Gasteiger partial charge in [-0.1, -0.05) is 12.1 Å². The molecule has 0 aliphatic heterocycles. The van der Waals surface area contributed by atoms with Gasteiger partial charge in [-0.05, 0) is 51.1 Å². The summed E-state index contributed by atoms with van der Waals surface area (Å²) in [5.41, 5.74) is 1.34. The van der Waals surface area contributed by atoms with E-state index in [1.165, 1.54) is 5.56 Å². The highest BCUT2D eigenvalue weighted by atomic mass is 35.5. The molecular formula is C14H22ClNO. The summed E-state index contributed by atoms with van der Waals surface area (Å²) < 4.78 is 5.13. The number of hydrogen-bond acceptors (Lipinski definition) is 2. The van der Waals surface area contributed by atoms with Crippen molar-refractivity contribution >= 4 is 11.6 Å². The summed E-state index contributed by atoms with van der Waals surface area (Å²) in [5, 5.41) is 0.262. The van der Waals surface area contributed by atoms with Gasteiger partial charge in [-0.2, -0.15) is 0 Å². The van der Waals surface area contributed by atoms with Crippen molar-refractivity contribution < 1.29 is 4.74 Å². The first-order valence-electron chi connectivity index (χ1n) is 6.07. The van der Waals surface area contributed by atoms with Crippen LogP contribution in [-0.2, 0) is 6.42 Å². The van der Waals surface area contributed by atoms with Crippen molar-refractivity contribution in [2.24, 2.45) is 0 Å². The molecule has 0 amide bonds. The lowest BCUT2D eigenvalue weighted by atomic mass is 10.1. The van der Waals surface area contributed by atoms with E-state index in [1.807, 2.05) is 19.1 Å². The average molecular weight is 256 g/mol. The van der Waals surface area contributed by atoms with E-state index in [4.69, 9.17) is 16.3 Å². The van der Waals surface area contributed by atoms with Crippen LogP contribution in [0.25, 0.3) is 0 Å². The van der Waals surface area contributed by atoms with Gasteiger partial charge >= 0.3 is 0 Å². The van der Waals surface area contributed by atoms with E-state index in [-0.39, 0.29) is 5.38 Å². The quantitative estimate of drug-likeness (QED) is 0.694. The fourth-order valence-electron chi connectivity index (χ4n) is 1.62. The van der Waals surface area contributed by atoms with E-state index < -0.39 is 0 Å². The molecule has 2 nitrogen and oxygen atoms in total. The maximum absolute atomic E-state index is 5.93. The average Bonchev–Trinajstić information content (AvgIpc) is 2.34. The number of halogens is 1. The number of rotatable bonds is 7. The van der Waals surface area contributed by atoms with Crippen LogP contribution in [0.15, 0.2) is 24.3 Å². The third-order valence-corrected chi connectivity index (χ3v) is 3.07. The largest absolute Gasteiger partial charge is 0.497 e. The van der Waals surface area contributed by atoms with Gasteiger partial charge in [0.25, 0.3) is 0 Å². The predicted molar refractivity (Wildman–Crippen MR) is 74.1 cm³/mol. The molecule has 0 saturated carbocycles. The van der Waals surface area contributed by atoms with E-state index in [0.29, 0.717) is 0 Å². The molecule has 1 aromatic rings. The number of alkyl halides is 1. The topological polar surface area (TPSA) is 12.5 Å². The monoisotopic (exact) mass is 255 g/mol.